The molecule has 9 heteroatoms. The van der Waals surface area contributed by atoms with Crippen molar-refractivity contribution in [2.75, 3.05) is 23.4 Å². The molecule has 31 heavy (non-hydrogen) atoms. The van der Waals surface area contributed by atoms with E-state index in [1.54, 1.807) is 4.90 Å². The highest BCUT2D eigenvalue weighted by atomic mass is 32.1. The van der Waals surface area contributed by atoms with Gasteiger partial charge >= 0.3 is 5.97 Å². The fourth-order valence-electron chi connectivity index (χ4n) is 4.01. The Bertz CT molecular complexity index is 1060. The molecule has 0 spiro atoms. The number of thiophene rings is 1. The lowest BCUT2D eigenvalue weighted by Gasteiger charge is -2.16. The molecule has 0 saturated carbocycles. The summed E-state index contributed by atoms with van der Waals surface area (Å²) < 4.78 is 5.15. The fourth-order valence-corrected chi connectivity index (χ4v) is 5.32. The molecule has 3 amide bonds. The zero-order valence-corrected chi connectivity index (χ0v) is 17.9. The number of carbonyl (C=O) groups excluding carboxylic acids is 4. The van der Waals surface area contributed by atoms with Gasteiger partial charge in [0.1, 0.15) is 5.00 Å². The number of carbonyl (C=O) groups is 4. The molecule has 162 valence electrons. The van der Waals surface area contributed by atoms with Crippen molar-refractivity contribution in [3.63, 3.8) is 0 Å². The van der Waals surface area contributed by atoms with Gasteiger partial charge in [0.15, 0.2) is 6.61 Å². The number of nitrogens with one attached hydrogen (secondary N) is 1. The number of hydrogen-bond acceptors (Lipinski definition) is 6. The molecule has 1 saturated heterocycles. The van der Waals surface area contributed by atoms with Gasteiger partial charge in [-0.25, -0.2) is 0 Å². The van der Waals surface area contributed by atoms with E-state index in [0.717, 1.165) is 41.0 Å². The van der Waals surface area contributed by atoms with Crippen molar-refractivity contribution >= 4 is 45.7 Å². The predicted octanol–water partition coefficient (Wildman–Crippen LogP) is 2.18. The van der Waals surface area contributed by atoms with Gasteiger partial charge in [-0.3, -0.25) is 19.2 Å². The molecule has 1 unspecified atom stereocenters. The van der Waals surface area contributed by atoms with Crippen molar-refractivity contribution in [2.45, 2.75) is 32.6 Å². The van der Waals surface area contributed by atoms with E-state index in [2.05, 4.69) is 5.32 Å². The fraction of sp³-hybridized carbons (Fsp3) is 0.364. The number of rotatable bonds is 6. The van der Waals surface area contributed by atoms with Gasteiger partial charge in [-0.05, 0) is 43.9 Å². The zero-order valence-electron chi connectivity index (χ0n) is 17.1. The number of ether oxygens (including phenoxy) is 1. The molecule has 1 atom stereocenters. The second-order valence-corrected chi connectivity index (χ2v) is 8.93. The Balaban J connectivity index is 1.33. The van der Waals surface area contributed by atoms with Crippen molar-refractivity contribution in [3.05, 3.63) is 45.8 Å². The molecular formula is C22H23N3O5S. The van der Waals surface area contributed by atoms with E-state index < -0.39 is 30.3 Å². The summed E-state index contributed by atoms with van der Waals surface area (Å²) in [4.78, 5) is 51.5. The number of anilines is 2. The monoisotopic (exact) mass is 441 g/mol. The molecule has 0 radical (unpaired) electrons. The largest absolute Gasteiger partial charge is 0.455 e. The Morgan fingerprint density at radius 1 is 1.23 bits per heavy atom. The van der Waals surface area contributed by atoms with Crippen LogP contribution in [0, 0.1) is 12.8 Å². The van der Waals surface area contributed by atoms with E-state index in [-0.39, 0.29) is 18.9 Å². The molecular weight excluding hydrogens is 418 g/mol. The molecule has 1 fully saturated rings. The SMILES string of the molecule is Cc1ccc(N2CC(C(=O)OCC(=O)Nc3sc4c(c3C(N)=O)CCC4)CC2=O)cc1. The lowest BCUT2D eigenvalue weighted by atomic mass is 10.1. The van der Waals surface area contributed by atoms with Crippen molar-refractivity contribution in [1.82, 2.24) is 0 Å². The lowest BCUT2D eigenvalue weighted by molar-refractivity contribution is -0.151. The molecule has 1 aliphatic carbocycles. The molecule has 1 aliphatic heterocycles. The third-order valence-electron chi connectivity index (χ3n) is 5.57. The van der Waals surface area contributed by atoms with Gasteiger partial charge in [0.05, 0.1) is 11.5 Å². The van der Waals surface area contributed by atoms with E-state index in [1.165, 1.54) is 11.3 Å². The normalized spacial score (nSPS) is 17.5. The van der Waals surface area contributed by atoms with Gasteiger partial charge in [0, 0.05) is 23.5 Å². The topological polar surface area (TPSA) is 119 Å². The van der Waals surface area contributed by atoms with Gasteiger partial charge in [-0.1, -0.05) is 17.7 Å². The third-order valence-corrected chi connectivity index (χ3v) is 6.78. The van der Waals surface area contributed by atoms with Crippen LogP contribution in [0.25, 0.3) is 0 Å². The van der Waals surface area contributed by atoms with Crippen LogP contribution in [0.5, 0.6) is 0 Å². The van der Waals surface area contributed by atoms with Crippen LogP contribution in [-0.4, -0.2) is 36.8 Å². The van der Waals surface area contributed by atoms with Gasteiger partial charge in [-0.15, -0.1) is 11.3 Å². The summed E-state index contributed by atoms with van der Waals surface area (Å²) in [5.41, 5.74) is 8.56. The number of fused-ring (bicyclic) bond motifs is 1. The summed E-state index contributed by atoms with van der Waals surface area (Å²) >= 11 is 1.34. The smallest absolute Gasteiger partial charge is 0.311 e. The summed E-state index contributed by atoms with van der Waals surface area (Å²) in [7, 11) is 0. The zero-order chi connectivity index (χ0) is 22.1. The van der Waals surface area contributed by atoms with Crippen LogP contribution in [0.1, 0.15) is 39.2 Å². The molecule has 1 aromatic carbocycles. The Labute approximate surface area is 183 Å². The second-order valence-electron chi connectivity index (χ2n) is 7.82. The highest BCUT2D eigenvalue weighted by Gasteiger charge is 2.36. The van der Waals surface area contributed by atoms with Crippen molar-refractivity contribution < 1.29 is 23.9 Å². The van der Waals surface area contributed by atoms with Crippen molar-refractivity contribution in [1.29, 1.82) is 0 Å². The van der Waals surface area contributed by atoms with E-state index in [0.29, 0.717) is 10.6 Å². The van der Waals surface area contributed by atoms with Crippen LogP contribution in [0.3, 0.4) is 0 Å². The average Bonchev–Trinajstić information content (AvgIpc) is 3.41. The van der Waals surface area contributed by atoms with Crippen LogP contribution in [-0.2, 0) is 32.0 Å². The van der Waals surface area contributed by atoms with Crippen LogP contribution in [0.2, 0.25) is 0 Å². The molecule has 4 rings (SSSR count). The highest BCUT2D eigenvalue weighted by Crippen LogP contribution is 2.38. The summed E-state index contributed by atoms with van der Waals surface area (Å²) in [5, 5.41) is 3.04. The van der Waals surface area contributed by atoms with Crippen LogP contribution < -0.4 is 16.0 Å². The minimum Gasteiger partial charge on any atom is -0.455 e. The lowest BCUT2D eigenvalue weighted by Crippen LogP contribution is -2.28. The summed E-state index contributed by atoms with van der Waals surface area (Å²) in [5.74, 6) is -2.51. The number of aryl methyl sites for hydroxylation is 2. The van der Waals surface area contributed by atoms with Gasteiger partial charge < -0.3 is 20.7 Å². The minimum atomic E-state index is -0.631. The highest BCUT2D eigenvalue weighted by molar-refractivity contribution is 7.17. The van der Waals surface area contributed by atoms with Crippen molar-refractivity contribution in [3.8, 4) is 0 Å². The Morgan fingerprint density at radius 3 is 2.68 bits per heavy atom. The number of esters is 1. The Kier molecular flexibility index (Phi) is 5.77. The summed E-state index contributed by atoms with van der Waals surface area (Å²) in [6, 6.07) is 7.48. The molecule has 0 bridgehead atoms. The van der Waals surface area contributed by atoms with E-state index in [4.69, 9.17) is 10.5 Å². The van der Waals surface area contributed by atoms with Crippen molar-refractivity contribution in [2.24, 2.45) is 11.7 Å². The summed E-state index contributed by atoms with van der Waals surface area (Å²) in [6.45, 7) is 1.68. The minimum absolute atomic E-state index is 0.0395. The molecule has 2 aliphatic rings. The molecule has 2 aromatic rings. The first kappa shape index (κ1) is 21.0. The maximum absolute atomic E-state index is 12.4. The first-order valence-corrected chi connectivity index (χ1v) is 10.9. The standard InChI is InChI=1S/C22H23N3O5S/c1-12-5-7-14(8-6-12)25-10-13(9-18(25)27)22(29)30-11-17(26)24-21-19(20(23)28)15-3-2-4-16(15)31-21/h5-8,13H,2-4,9-11H2,1H3,(H2,23,28)(H,24,26). The van der Waals surface area contributed by atoms with E-state index in [1.807, 2.05) is 31.2 Å². The number of amides is 3. The predicted molar refractivity (Wildman–Crippen MR) is 116 cm³/mol. The Morgan fingerprint density at radius 2 is 1.97 bits per heavy atom. The number of nitrogens with zero attached hydrogens (tertiary/aromatic N) is 1. The van der Waals surface area contributed by atoms with Crippen LogP contribution in [0.4, 0.5) is 10.7 Å². The van der Waals surface area contributed by atoms with E-state index in [9.17, 15) is 19.2 Å². The van der Waals surface area contributed by atoms with Gasteiger partial charge in [0.25, 0.3) is 11.8 Å². The maximum Gasteiger partial charge on any atom is 0.311 e. The van der Waals surface area contributed by atoms with E-state index >= 15 is 0 Å². The van der Waals surface area contributed by atoms with Gasteiger partial charge in [0.2, 0.25) is 5.91 Å². The molecule has 1 aromatic heterocycles. The van der Waals surface area contributed by atoms with Crippen LogP contribution >= 0.6 is 11.3 Å². The third kappa shape index (κ3) is 4.32. The quantitative estimate of drug-likeness (QED) is 0.666. The maximum atomic E-state index is 12.4. The summed E-state index contributed by atoms with van der Waals surface area (Å²) in [6.07, 6.45) is 2.63. The first-order valence-electron chi connectivity index (χ1n) is 10.1. The molecule has 8 nitrogen and oxygen atoms in total. The average molecular weight is 442 g/mol. The second kappa shape index (κ2) is 8.50. The number of nitrogens with two attached hydrogens (primary N) is 1. The number of primary amides is 1. The number of hydrogen-bond donors (Lipinski definition) is 2. The Hall–Kier alpha value is -3.20. The van der Waals surface area contributed by atoms with Gasteiger partial charge in [-0.2, -0.15) is 0 Å². The molecule has 2 heterocycles. The molecule has 3 N–H and O–H groups in total. The van der Waals surface area contributed by atoms with Crippen LogP contribution in [0.15, 0.2) is 24.3 Å². The number of benzene rings is 1. The first-order chi connectivity index (χ1) is 14.8.